The van der Waals surface area contributed by atoms with Crippen LogP contribution < -0.4 is 10.6 Å². The topological polar surface area (TPSA) is 41.1 Å². The van der Waals surface area contributed by atoms with Gasteiger partial charge in [-0.2, -0.15) is 13.2 Å². The smallest absolute Gasteiger partial charge is 0.352 e. The predicted octanol–water partition coefficient (Wildman–Crippen LogP) is 4.86. The molecule has 0 aliphatic carbocycles. The molecule has 3 aromatic rings. The highest BCUT2D eigenvalue weighted by Crippen LogP contribution is 2.33. The van der Waals surface area contributed by atoms with Gasteiger partial charge >= 0.3 is 6.18 Å². The van der Waals surface area contributed by atoms with Crippen LogP contribution in [0.1, 0.15) is 22.3 Å². The van der Waals surface area contributed by atoms with Crippen LogP contribution in [-0.2, 0) is 6.18 Å². The molecule has 3 aromatic carbocycles. The van der Waals surface area contributed by atoms with Crippen molar-refractivity contribution in [1.82, 2.24) is 10.6 Å². The van der Waals surface area contributed by atoms with Gasteiger partial charge in [-0.3, -0.25) is 4.79 Å². The standard InChI is InChI=1S/C22H21F3N2O/c1-26-12-3-13-27-21(28)17-8-11-20-16(14-17)4-2-5-19(20)15-6-9-18(10-7-15)22(23,24)25/h2,4-11,14,26H,3,12-13H2,1H3,(H,27,28). The molecule has 0 aliphatic rings. The fourth-order valence-electron chi connectivity index (χ4n) is 3.08. The summed E-state index contributed by atoms with van der Waals surface area (Å²) in [7, 11) is 1.86. The number of benzene rings is 3. The maximum absolute atomic E-state index is 12.8. The molecule has 28 heavy (non-hydrogen) atoms. The fraction of sp³-hybridized carbons (Fsp3) is 0.227. The molecule has 0 heterocycles. The summed E-state index contributed by atoms with van der Waals surface area (Å²) in [6, 6.07) is 16.1. The number of alkyl halides is 3. The SMILES string of the molecule is CNCCCNC(=O)c1ccc2c(-c3ccc(C(F)(F)F)cc3)cccc2c1. The lowest BCUT2D eigenvalue weighted by Gasteiger charge is -2.11. The van der Waals surface area contributed by atoms with Gasteiger partial charge < -0.3 is 10.6 Å². The highest BCUT2D eigenvalue weighted by molar-refractivity contribution is 6.02. The van der Waals surface area contributed by atoms with Crippen molar-refractivity contribution < 1.29 is 18.0 Å². The van der Waals surface area contributed by atoms with Gasteiger partial charge in [0.25, 0.3) is 5.91 Å². The zero-order valence-electron chi connectivity index (χ0n) is 15.4. The highest BCUT2D eigenvalue weighted by Gasteiger charge is 2.30. The van der Waals surface area contributed by atoms with E-state index >= 15 is 0 Å². The average molecular weight is 386 g/mol. The predicted molar refractivity (Wildman–Crippen MR) is 105 cm³/mol. The van der Waals surface area contributed by atoms with E-state index in [1.54, 1.807) is 12.1 Å². The van der Waals surface area contributed by atoms with Crippen molar-refractivity contribution in [2.75, 3.05) is 20.1 Å². The average Bonchev–Trinajstić information content (AvgIpc) is 2.69. The molecule has 1 amide bonds. The molecule has 0 bridgehead atoms. The fourth-order valence-corrected chi connectivity index (χ4v) is 3.08. The minimum absolute atomic E-state index is 0.141. The molecule has 3 rings (SSSR count). The molecule has 0 aromatic heterocycles. The molecule has 0 spiro atoms. The number of fused-ring (bicyclic) bond motifs is 1. The van der Waals surface area contributed by atoms with E-state index in [0.29, 0.717) is 17.7 Å². The summed E-state index contributed by atoms with van der Waals surface area (Å²) < 4.78 is 38.4. The van der Waals surface area contributed by atoms with Crippen LogP contribution in [0.15, 0.2) is 60.7 Å². The zero-order chi connectivity index (χ0) is 20.1. The molecule has 0 radical (unpaired) electrons. The van der Waals surface area contributed by atoms with E-state index < -0.39 is 11.7 Å². The summed E-state index contributed by atoms with van der Waals surface area (Å²) >= 11 is 0. The Kier molecular flexibility index (Phi) is 5.99. The van der Waals surface area contributed by atoms with Crippen molar-refractivity contribution in [2.24, 2.45) is 0 Å². The molecule has 2 N–H and O–H groups in total. The van der Waals surface area contributed by atoms with Crippen LogP contribution in [0.25, 0.3) is 21.9 Å². The van der Waals surface area contributed by atoms with Gasteiger partial charge in [-0.15, -0.1) is 0 Å². The van der Waals surface area contributed by atoms with E-state index in [1.165, 1.54) is 12.1 Å². The van der Waals surface area contributed by atoms with Gasteiger partial charge in [-0.1, -0.05) is 36.4 Å². The van der Waals surface area contributed by atoms with Crippen molar-refractivity contribution in [2.45, 2.75) is 12.6 Å². The van der Waals surface area contributed by atoms with E-state index in [9.17, 15) is 18.0 Å². The van der Waals surface area contributed by atoms with Gasteiger partial charge in [0.2, 0.25) is 0 Å². The van der Waals surface area contributed by atoms with Gasteiger partial charge in [-0.25, -0.2) is 0 Å². The van der Waals surface area contributed by atoms with Crippen LogP contribution in [-0.4, -0.2) is 26.0 Å². The quantitative estimate of drug-likeness (QED) is 0.594. The summed E-state index contributed by atoms with van der Waals surface area (Å²) in [6.45, 7) is 1.41. The monoisotopic (exact) mass is 386 g/mol. The van der Waals surface area contributed by atoms with Crippen LogP contribution in [0.2, 0.25) is 0 Å². The van der Waals surface area contributed by atoms with Gasteiger partial charge in [0.1, 0.15) is 0 Å². The molecule has 6 heteroatoms. The summed E-state index contributed by atoms with van der Waals surface area (Å²) in [6.07, 6.45) is -3.51. The van der Waals surface area contributed by atoms with Crippen molar-refractivity contribution in [3.63, 3.8) is 0 Å². The lowest BCUT2D eigenvalue weighted by molar-refractivity contribution is -0.137. The highest BCUT2D eigenvalue weighted by atomic mass is 19.4. The first kappa shape index (κ1) is 19.9. The Morgan fingerprint density at radius 1 is 0.964 bits per heavy atom. The molecular formula is C22H21F3N2O. The minimum Gasteiger partial charge on any atom is -0.352 e. The van der Waals surface area contributed by atoms with E-state index in [4.69, 9.17) is 0 Å². The first-order valence-electron chi connectivity index (χ1n) is 9.03. The first-order chi connectivity index (χ1) is 13.4. The number of amides is 1. The second kappa shape index (κ2) is 8.44. The molecule has 0 atom stereocenters. The normalized spacial score (nSPS) is 11.6. The lowest BCUT2D eigenvalue weighted by atomic mass is 9.96. The second-order valence-corrected chi connectivity index (χ2v) is 6.53. The Hall–Kier alpha value is -2.86. The van der Waals surface area contributed by atoms with Crippen LogP contribution in [0.5, 0.6) is 0 Å². The van der Waals surface area contributed by atoms with Crippen LogP contribution in [0.3, 0.4) is 0 Å². The number of hydrogen-bond donors (Lipinski definition) is 2. The molecular weight excluding hydrogens is 365 g/mol. The third-order valence-corrected chi connectivity index (χ3v) is 4.55. The summed E-state index contributed by atoms with van der Waals surface area (Å²) in [4.78, 5) is 12.3. The number of carbonyl (C=O) groups is 1. The molecule has 0 aliphatic heterocycles. The Morgan fingerprint density at radius 2 is 1.71 bits per heavy atom. The maximum Gasteiger partial charge on any atom is 0.416 e. The minimum atomic E-state index is -4.35. The van der Waals surface area contributed by atoms with Crippen LogP contribution in [0.4, 0.5) is 13.2 Å². The molecule has 0 unspecified atom stereocenters. The summed E-state index contributed by atoms with van der Waals surface area (Å²) in [5.41, 5.74) is 1.41. The molecule has 0 saturated heterocycles. The van der Waals surface area contributed by atoms with Crippen molar-refractivity contribution >= 4 is 16.7 Å². The lowest BCUT2D eigenvalue weighted by Crippen LogP contribution is -2.26. The Balaban J connectivity index is 1.86. The number of carbonyl (C=O) groups excluding carboxylic acids is 1. The number of hydrogen-bond acceptors (Lipinski definition) is 2. The Labute approximate surface area is 161 Å². The van der Waals surface area contributed by atoms with Crippen molar-refractivity contribution in [3.05, 3.63) is 71.8 Å². The van der Waals surface area contributed by atoms with Crippen LogP contribution >= 0.6 is 0 Å². The van der Waals surface area contributed by atoms with E-state index in [1.807, 2.05) is 31.3 Å². The maximum atomic E-state index is 12.8. The third-order valence-electron chi connectivity index (χ3n) is 4.55. The van der Waals surface area contributed by atoms with E-state index in [0.717, 1.165) is 41.4 Å². The number of nitrogens with one attached hydrogen (secondary N) is 2. The molecule has 146 valence electrons. The largest absolute Gasteiger partial charge is 0.416 e. The molecule has 0 saturated carbocycles. The summed E-state index contributed by atoms with van der Waals surface area (Å²) in [5.74, 6) is -0.141. The Morgan fingerprint density at radius 3 is 2.39 bits per heavy atom. The van der Waals surface area contributed by atoms with E-state index in [-0.39, 0.29) is 5.91 Å². The second-order valence-electron chi connectivity index (χ2n) is 6.53. The van der Waals surface area contributed by atoms with Gasteiger partial charge in [-0.05, 0) is 66.2 Å². The first-order valence-corrected chi connectivity index (χ1v) is 9.03. The van der Waals surface area contributed by atoms with Crippen molar-refractivity contribution in [3.8, 4) is 11.1 Å². The number of halogens is 3. The van der Waals surface area contributed by atoms with Crippen LogP contribution in [0, 0.1) is 0 Å². The van der Waals surface area contributed by atoms with E-state index in [2.05, 4.69) is 10.6 Å². The van der Waals surface area contributed by atoms with Gasteiger partial charge in [0, 0.05) is 12.1 Å². The van der Waals surface area contributed by atoms with Crippen molar-refractivity contribution in [1.29, 1.82) is 0 Å². The number of rotatable bonds is 6. The third kappa shape index (κ3) is 4.51. The van der Waals surface area contributed by atoms with Gasteiger partial charge in [0.05, 0.1) is 5.56 Å². The van der Waals surface area contributed by atoms with Gasteiger partial charge in [0.15, 0.2) is 0 Å². The zero-order valence-corrected chi connectivity index (χ0v) is 15.4. The Bertz CT molecular complexity index is 966. The summed E-state index contributed by atoms with van der Waals surface area (Å²) in [5, 5.41) is 7.65. The molecule has 3 nitrogen and oxygen atoms in total. The molecule has 0 fully saturated rings.